The van der Waals surface area contributed by atoms with E-state index in [1.165, 1.54) is 6.07 Å². The molecule has 2 aromatic rings. The van der Waals surface area contributed by atoms with Crippen LogP contribution in [0.5, 0.6) is 5.75 Å². The number of aromatic hydroxyl groups is 1. The molecule has 6 nitrogen and oxygen atoms in total. The van der Waals surface area contributed by atoms with Gasteiger partial charge in [-0.25, -0.2) is 0 Å². The van der Waals surface area contributed by atoms with E-state index in [9.17, 15) is 20.0 Å². The number of nitro benzene ring substituents is 1. The Morgan fingerprint density at radius 1 is 1.48 bits per heavy atom. The van der Waals surface area contributed by atoms with Crippen molar-refractivity contribution in [3.05, 3.63) is 56.3 Å². The predicted molar refractivity (Wildman–Crippen MR) is 79.8 cm³/mol. The number of carbonyl (C=O) groups is 1. The van der Waals surface area contributed by atoms with Crippen LogP contribution < -0.4 is 5.32 Å². The highest BCUT2D eigenvalue weighted by Gasteiger charge is 2.17. The Morgan fingerprint density at radius 2 is 2.24 bits per heavy atom. The van der Waals surface area contributed by atoms with Crippen molar-refractivity contribution in [2.24, 2.45) is 0 Å². The summed E-state index contributed by atoms with van der Waals surface area (Å²) in [5, 5.41) is 26.8. The highest BCUT2D eigenvalue weighted by molar-refractivity contribution is 7.07. The number of carbonyl (C=O) groups excluding carboxylic acids is 1. The maximum atomic E-state index is 12.0. The minimum absolute atomic E-state index is 0.150. The van der Waals surface area contributed by atoms with Gasteiger partial charge in [0.1, 0.15) is 0 Å². The second kappa shape index (κ2) is 6.36. The zero-order chi connectivity index (χ0) is 15.4. The Morgan fingerprint density at radius 3 is 2.86 bits per heavy atom. The lowest BCUT2D eigenvalue weighted by Gasteiger charge is -2.11. The third-order valence-corrected chi connectivity index (χ3v) is 3.82. The summed E-state index contributed by atoms with van der Waals surface area (Å²) >= 11 is 1.59. The number of amides is 1. The van der Waals surface area contributed by atoms with Crippen LogP contribution in [0.4, 0.5) is 5.69 Å². The molecule has 110 valence electrons. The van der Waals surface area contributed by atoms with Crippen molar-refractivity contribution in [1.29, 1.82) is 0 Å². The van der Waals surface area contributed by atoms with Crippen LogP contribution in [0.3, 0.4) is 0 Å². The number of nitrogens with zero attached hydrogens (tertiary/aromatic N) is 1. The third-order valence-electron chi connectivity index (χ3n) is 3.12. The number of benzene rings is 1. The molecule has 0 fully saturated rings. The first-order valence-electron chi connectivity index (χ1n) is 6.26. The van der Waals surface area contributed by atoms with E-state index < -0.39 is 22.3 Å². The minimum atomic E-state index is -0.722. The largest absolute Gasteiger partial charge is 0.502 e. The molecule has 0 aliphatic rings. The first-order valence-corrected chi connectivity index (χ1v) is 7.21. The van der Waals surface area contributed by atoms with E-state index in [0.29, 0.717) is 6.54 Å². The first kappa shape index (κ1) is 15.0. The minimum Gasteiger partial charge on any atom is -0.502 e. The Labute approximate surface area is 125 Å². The van der Waals surface area contributed by atoms with Gasteiger partial charge in [0.05, 0.1) is 4.92 Å². The number of rotatable bonds is 5. The normalized spacial score (nSPS) is 11.9. The smallest absolute Gasteiger partial charge is 0.311 e. The lowest BCUT2D eigenvalue weighted by atomic mass is 10.1. The fourth-order valence-corrected chi connectivity index (χ4v) is 2.61. The molecule has 0 unspecified atom stereocenters. The van der Waals surface area contributed by atoms with Gasteiger partial charge < -0.3 is 10.4 Å². The summed E-state index contributed by atoms with van der Waals surface area (Å²) in [5.41, 5.74) is 0.808. The Bertz CT molecular complexity index is 655. The lowest BCUT2D eigenvalue weighted by Crippen LogP contribution is -2.27. The first-order chi connectivity index (χ1) is 9.99. The zero-order valence-electron chi connectivity index (χ0n) is 11.3. The summed E-state index contributed by atoms with van der Waals surface area (Å²) < 4.78 is 0. The number of phenols is 1. The summed E-state index contributed by atoms with van der Waals surface area (Å²) in [6, 6.07) is 5.56. The molecular weight excluding hydrogens is 292 g/mol. The number of nitrogens with one attached hydrogen (secondary N) is 1. The van der Waals surface area contributed by atoms with Crippen LogP contribution in [0.1, 0.15) is 28.8 Å². The van der Waals surface area contributed by atoms with E-state index >= 15 is 0 Å². The van der Waals surface area contributed by atoms with Crippen LogP contribution >= 0.6 is 11.3 Å². The van der Waals surface area contributed by atoms with E-state index in [0.717, 1.165) is 17.7 Å². The molecule has 1 aromatic heterocycles. The molecule has 0 spiro atoms. The number of phenolic OH excluding ortho intramolecular Hbond substituents is 1. The van der Waals surface area contributed by atoms with Gasteiger partial charge in [-0.05, 0) is 40.4 Å². The molecule has 0 aliphatic heterocycles. The molecule has 1 heterocycles. The van der Waals surface area contributed by atoms with Crippen molar-refractivity contribution >= 4 is 22.9 Å². The third kappa shape index (κ3) is 3.57. The maximum absolute atomic E-state index is 12.0. The summed E-state index contributed by atoms with van der Waals surface area (Å²) in [7, 11) is 0. The summed E-state index contributed by atoms with van der Waals surface area (Å²) in [6.07, 6.45) is 0. The second-order valence-electron chi connectivity index (χ2n) is 4.63. The summed E-state index contributed by atoms with van der Waals surface area (Å²) in [4.78, 5) is 22.0. The molecule has 0 aliphatic carbocycles. The van der Waals surface area contributed by atoms with Crippen molar-refractivity contribution in [3.63, 3.8) is 0 Å². The van der Waals surface area contributed by atoms with Gasteiger partial charge in [0.25, 0.3) is 5.91 Å². The Hall–Kier alpha value is -2.41. The molecule has 0 bridgehead atoms. The second-order valence-corrected chi connectivity index (χ2v) is 5.41. The van der Waals surface area contributed by atoms with E-state index in [4.69, 9.17) is 0 Å². The molecule has 0 saturated carbocycles. The van der Waals surface area contributed by atoms with E-state index in [-0.39, 0.29) is 11.5 Å². The predicted octanol–water partition coefficient (Wildman–Crippen LogP) is 2.90. The Balaban J connectivity index is 2.04. The van der Waals surface area contributed by atoms with Gasteiger partial charge >= 0.3 is 5.69 Å². The van der Waals surface area contributed by atoms with Gasteiger partial charge in [-0.15, -0.1) is 0 Å². The van der Waals surface area contributed by atoms with E-state index in [1.54, 1.807) is 11.3 Å². The van der Waals surface area contributed by atoms with Crippen molar-refractivity contribution in [2.75, 3.05) is 6.54 Å². The SMILES string of the molecule is C[C@@H](CNC(=O)c1ccc(O)c([N+](=O)[O-])c1)c1ccsc1. The summed E-state index contributed by atoms with van der Waals surface area (Å²) in [5.74, 6) is -0.698. The molecule has 1 aromatic carbocycles. The summed E-state index contributed by atoms with van der Waals surface area (Å²) in [6.45, 7) is 2.42. The van der Waals surface area contributed by atoms with Crippen LogP contribution in [0.25, 0.3) is 0 Å². The van der Waals surface area contributed by atoms with Crippen molar-refractivity contribution in [1.82, 2.24) is 5.32 Å². The van der Waals surface area contributed by atoms with E-state index in [1.807, 2.05) is 23.8 Å². The molecule has 1 atom stereocenters. The highest BCUT2D eigenvalue weighted by atomic mass is 32.1. The topological polar surface area (TPSA) is 92.5 Å². The molecule has 2 rings (SSSR count). The van der Waals surface area contributed by atoms with Crippen LogP contribution in [-0.2, 0) is 0 Å². The number of hydrogen-bond acceptors (Lipinski definition) is 5. The molecule has 1 amide bonds. The number of nitro groups is 1. The molecule has 0 saturated heterocycles. The standard InChI is InChI=1S/C14H14N2O4S/c1-9(11-4-5-21-8-11)7-15-14(18)10-2-3-13(17)12(6-10)16(19)20/h2-6,8-9,17H,7H2,1H3,(H,15,18)/t9-/m0/s1. The van der Waals surface area contributed by atoms with Gasteiger partial charge in [0, 0.05) is 18.2 Å². The van der Waals surface area contributed by atoms with Crippen LogP contribution in [0, 0.1) is 10.1 Å². The Kier molecular flexibility index (Phi) is 4.54. The molecule has 2 N–H and O–H groups in total. The molecule has 0 radical (unpaired) electrons. The van der Waals surface area contributed by atoms with Crippen LogP contribution in [0.15, 0.2) is 35.0 Å². The van der Waals surface area contributed by atoms with Crippen LogP contribution in [-0.4, -0.2) is 22.5 Å². The average Bonchev–Trinajstić information content (AvgIpc) is 2.98. The van der Waals surface area contributed by atoms with Gasteiger partial charge in [-0.1, -0.05) is 6.92 Å². The number of hydrogen-bond donors (Lipinski definition) is 2. The molecular formula is C14H14N2O4S. The highest BCUT2D eigenvalue weighted by Crippen LogP contribution is 2.26. The maximum Gasteiger partial charge on any atom is 0.311 e. The molecule has 21 heavy (non-hydrogen) atoms. The van der Waals surface area contributed by atoms with Gasteiger partial charge in [-0.2, -0.15) is 11.3 Å². The lowest BCUT2D eigenvalue weighted by molar-refractivity contribution is -0.385. The fourth-order valence-electron chi connectivity index (χ4n) is 1.83. The monoisotopic (exact) mass is 306 g/mol. The molecule has 7 heteroatoms. The van der Waals surface area contributed by atoms with Gasteiger partial charge in [-0.3, -0.25) is 14.9 Å². The quantitative estimate of drug-likeness (QED) is 0.656. The van der Waals surface area contributed by atoms with Crippen LogP contribution in [0.2, 0.25) is 0 Å². The average molecular weight is 306 g/mol. The van der Waals surface area contributed by atoms with Crippen molar-refractivity contribution in [2.45, 2.75) is 12.8 Å². The van der Waals surface area contributed by atoms with Gasteiger partial charge in [0.15, 0.2) is 5.75 Å². The number of thiophene rings is 1. The van der Waals surface area contributed by atoms with E-state index in [2.05, 4.69) is 5.32 Å². The zero-order valence-corrected chi connectivity index (χ0v) is 12.1. The van der Waals surface area contributed by atoms with Crippen molar-refractivity contribution < 1.29 is 14.8 Å². The van der Waals surface area contributed by atoms with Crippen molar-refractivity contribution in [3.8, 4) is 5.75 Å². The fraction of sp³-hybridized carbons (Fsp3) is 0.214. The van der Waals surface area contributed by atoms with Gasteiger partial charge in [0.2, 0.25) is 0 Å².